The molecule has 3 aromatic carbocycles. The number of ether oxygens (including phenoxy) is 1. The van der Waals surface area contributed by atoms with Crippen LogP contribution in [0.4, 0.5) is 13.2 Å². The Morgan fingerprint density at radius 3 is 2.28 bits per heavy atom. The zero-order chi connectivity index (χ0) is 33.4. The van der Waals surface area contributed by atoms with Gasteiger partial charge in [0.1, 0.15) is 23.2 Å². The molecule has 1 aromatic heterocycles. The Morgan fingerprint density at radius 1 is 1.04 bits per heavy atom. The van der Waals surface area contributed by atoms with E-state index in [1.165, 1.54) is 19.2 Å². The molecule has 1 fully saturated rings. The van der Waals surface area contributed by atoms with Crippen LogP contribution in [0.25, 0.3) is 5.69 Å². The maximum Gasteiger partial charge on any atom is 0.241 e. The molecule has 46 heavy (non-hydrogen) atoms. The van der Waals surface area contributed by atoms with E-state index < -0.39 is 37.8 Å². The molecule has 7 nitrogen and oxygen atoms in total. The summed E-state index contributed by atoms with van der Waals surface area (Å²) in [6.45, 7) is 5.57. The highest BCUT2D eigenvalue weighted by Crippen LogP contribution is 2.39. The Hall–Kier alpha value is -3.03. The number of quaternary nitrogens is 1. The van der Waals surface area contributed by atoms with Gasteiger partial charge >= 0.3 is 0 Å². The summed E-state index contributed by atoms with van der Waals surface area (Å²) in [5, 5.41) is 0.868. The molecule has 1 N–H and O–H groups in total. The first-order valence-corrected chi connectivity index (χ1v) is 17.6. The van der Waals surface area contributed by atoms with Gasteiger partial charge in [0.15, 0.2) is 5.16 Å². The molecular weight excluding hydrogens is 657 g/mol. The summed E-state index contributed by atoms with van der Waals surface area (Å²) in [4.78, 5) is 4.14. The topological polar surface area (TPSA) is 73.2 Å². The summed E-state index contributed by atoms with van der Waals surface area (Å²) in [5.74, 6) is -2.02. The first-order valence-electron chi connectivity index (χ1n) is 14.7. The number of halogens is 4. The van der Waals surface area contributed by atoms with E-state index >= 15 is 8.78 Å². The van der Waals surface area contributed by atoms with Crippen molar-refractivity contribution in [2.24, 2.45) is 0 Å². The van der Waals surface area contributed by atoms with Crippen LogP contribution in [0.2, 0.25) is 5.02 Å². The summed E-state index contributed by atoms with van der Waals surface area (Å²) < 4.78 is 81.4. The van der Waals surface area contributed by atoms with Crippen LogP contribution in [0.3, 0.4) is 0 Å². The molecular formula is C33H37ClF3N4O3S2+. The molecule has 1 aliphatic rings. The van der Waals surface area contributed by atoms with Gasteiger partial charge in [0, 0.05) is 41.3 Å². The van der Waals surface area contributed by atoms with Crippen molar-refractivity contribution < 1.29 is 30.8 Å². The van der Waals surface area contributed by atoms with Gasteiger partial charge in [-0.05, 0) is 54.1 Å². The lowest BCUT2D eigenvalue weighted by Crippen LogP contribution is -2.51. The summed E-state index contributed by atoms with van der Waals surface area (Å²) >= 11 is 7.35. The van der Waals surface area contributed by atoms with E-state index in [1.54, 1.807) is 24.4 Å². The van der Waals surface area contributed by atoms with Crippen molar-refractivity contribution in [3.05, 3.63) is 100 Å². The molecule has 13 heteroatoms. The molecule has 1 aliphatic heterocycles. The fourth-order valence-corrected chi connectivity index (χ4v) is 8.13. The van der Waals surface area contributed by atoms with Crippen molar-refractivity contribution >= 4 is 33.4 Å². The predicted octanol–water partition coefficient (Wildman–Crippen LogP) is 7.09. The molecule has 0 radical (unpaired) electrons. The molecule has 0 unspecified atom stereocenters. The lowest BCUT2D eigenvalue weighted by Gasteiger charge is -2.37. The molecule has 0 aliphatic carbocycles. The van der Waals surface area contributed by atoms with E-state index in [-0.39, 0.29) is 17.4 Å². The number of hydrogen-bond donors (Lipinski definition) is 1. The molecule has 4 aromatic rings. The maximum absolute atomic E-state index is 15.4. The number of nitrogens with zero attached hydrogens (tertiary/aromatic N) is 3. The Kier molecular flexibility index (Phi) is 9.87. The summed E-state index contributed by atoms with van der Waals surface area (Å²) in [6, 6.07) is 12.7. The first kappa shape index (κ1) is 34.3. The van der Waals surface area contributed by atoms with Gasteiger partial charge in [-0.15, -0.1) is 0 Å². The normalized spacial score (nSPS) is 15.7. The smallest absolute Gasteiger partial charge is 0.241 e. The summed E-state index contributed by atoms with van der Waals surface area (Å²) in [5.41, 5.74) is 1.25. The number of nitrogens with one attached hydrogen (secondary N) is 1. The first-order chi connectivity index (χ1) is 21.6. The predicted molar refractivity (Wildman–Crippen MR) is 175 cm³/mol. The highest BCUT2D eigenvalue weighted by Gasteiger charge is 2.32. The van der Waals surface area contributed by atoms with Crippen LogP contribution in [0.5, 0.6) is 5.75 Å². The van der Waals surface area contributed by atoms with Gasteiger partial charge in [-0.25, -0.2) is 31.3 Å². The van der Waals surface area contributed by atoms with Crippen LogP contribution in [0.1, 0.15) is 43.5 Å². The number of benzene rings is 3. The second-order valence-electron chi connectivity index (χ2n) is 12.6. The van der Waals surface area contributed by atoms with E-state index in [9.17, 15) is 12.8 Å². The second kappa shape index (κ2) is 13.2. The molecule has 0 bridgehead atoms. The van der Waals surface area contributed by atoms with Gasteiger partial charge in [-0.3, -0.25) is 4.57 Å². The number of thioether (sulfide) groups is 1. The van der Waals surface area contributed by atoms with Gasteiger partial charge in [0.05, 0.1) is 56.1 Å². The number of hydrogen-bond acceptors (Lipinski definition) is 5. The minimum absolute atomic E-state index is 0.173. The number of aromatic nitrogens is 2. The molecule has 0 saturated carbocycles. The largest absolute Gasteiger partial charge is 0.495 e. The minimum Gasteiger partial charge on any atom is -0.495 e. The number of likely N-dealkylation sites (tertiary alicyclic amines) is 1. The third kappa shape index (κ3) is 7.26. The molecule has 246 valence electrons. The second-order valence-corrected chi connectivity index (χ2v) is 15.7. The molecule has 2 heterocycles. The van der Waals surface area contributed by atoms with E-state index in [4.69, 9.17) is 16.3 Å². The van der Waals surface area contributed by atoms with E-state index in [1.807, 2.05) is 30.5 Å². The van der Waals surface area contributed by atoms with E-state index in [0.29, 0.717) is 34.5 Å². The van der Waals surface area contributed by atoms with Crippen molar-refractivity contribution in [3.63, 3.8) is 0 Å². The summed E-state index contributed by atoms with van der Waals surface area (Å²) in [6.07, 6.45) is 2.94. The van der Waals surface area contributed by atoms with Gasteiger partial charge in [0.25, 0.3) is 0 Å². The number of rotatable bonds is 10. The maximum atomic E-state index is 15.4. The van der Waals surface area contributed by atoms with E-state index in [2.05, 4.69) is 23.8 Å². The molecule has 0 spiro atoms. The number of methoxy groups -OCH3 is 1. The standard InChI is InChI=1S/C33H37ClF3N4O3S2/c1-33(2,21-6-11-27(34)30(16-21)44-5)31-19-38-32(40(31)24-9-7-22(35)8-10-24)45-20-26-28(36)17-25(18-29(26)37)46(42,43)39-23-12-14-41(3,4)15-13-23/h6-11,16-19,23,39H,12-15,20H2,1-5H3/q+1. The fourth-order valence-electron chi connectivity index (χ4n) is 5.60. The minimum atomic E-state index is -4.13. The highest BCUT2D eigenvalue weighted by atomic mass is 35.5. The van der Waals surface area contributed by atoms with Gasteiger partial charge in [-0.1, -0.05) is 43.3 Å². The van der Waals surface area contributed by atoms with Crippen LogP contribution in [-0.2, 0) is 21.2 Å². The van der Waals surface area contributed by atoms with Crippen molar-refractivity contribution in [1.29, 1.82) is 0 Å². The molecule has 1 saturated heterocycles. The van der Waals surface area contributed by atoms with Crippen LogP contribution >= 0.6 is 23.4 Å². The number of sulfonamides is 1. The zero-order valence-corrected chi connectivity index (χ0v) is 28.7. The van der Waals surface area contributed by atoms with Crippen LogP contribution < -0.4 is 9.46 Å². The third-order valence-corrected chi connectivity index (χ3v) is 11.4. The summed E-state index contributed by atoms with van der Waals surface area (Å²) in [7, 11) is 1.56. The van der Waals surface area contributed by atoms with Crippen molar-refractivity contribution in [2.75, 3.05) is 34.3 Å². The van der Waals surface area contributed by atoms with Crippen molar-refractivity contribution in [1.82, 2.24) is 14.3 Å². The van der Waals surface area contributed by atoms with Gasteiger partial charge in [-0.2, -0.15) is 0 Å². The lowest BCUT2D eigenvalue weighted by atomic mass is 9.81. The lowest BCUT2D eigenvalue weighted by molar-refractivity contribution is -0.895. The number of piperidine rings is 1. The zero-order valence-electron chi connectivity index (χ0n) is 26.3. The molecule has 0 amide bonds. The quantitative estimate of drug-likeness (QED) is 0.142. The number of imidazole rings is 1. The average molecular weight is 694 g/mol. The van der Waals surface area contributed by atoms with E-state index in [0.717, 1.165) is 52.7 Å². The highest BCUT2D eigenvalue weighted by molar-refractivity contribution is 7.98. The third-order valence-electron chi connectivity index (χ3n) is 8.59. The van der Waals surface area contributed by atoms with Gasteiger partial charge < -0.3 is 9.22 Å². The van der Waals surface area contributed by atoms with Crippen LogP contribution in [0, 0.1) is 17.5 Å². The van der Waals surface area contributed by atoms with Gasteiger partial charge in [0.2, 0.25) is 10.0 Å². The Morgan fingerprint density at radius 2 is 1.67 bits per heavy atom. The Bertz CT molecular complexity index is 1810. The van der Waals surface area contributed by atoms with Crippen LogP contribution in [-0.4, -0.2) is 62.8 Å². The average Bonchev–Trinajstić information content (AvgIpc) is 3.43. The van der Waals surface area contributed by atoms with Crippen LogP contribution in [0.15, 0.2) is 70.8 Å². The Labute approximate surface area is 277 Å². The SMILES string of the molecule is COc1cc(C(C)(C)c2cnc(SCc3c(F)cc(S(=O)(=O)NC4CC[N+](C)(C)CC4)cc3F)n2-c2ccc(F)cc2)ccc1Cl. The van der Waals surface area contributed by atoms with Crippen molar-refractivity contribution in [3.8, 4) is 11.4 Å². The molecule has 0 atom stereocenters. The monoisotopic (exact) mass is 693 g/mol. The van der Waals surface area contributed by atoms with Crippen molar-refractivity contribution in [2.45, 2.75) is 54.0 Å². The molecule has 5 rings (SSSR count). The Balaban J connectivity index is 1.43. The fraction of sp³-hybridized carbons (Fsp3) is 0.364.